The van der Waals surface area contributed by atoms with Crippen LogP contribution in [0.5, 0.6) is 0 Å². The van der Waals surface area contributed by atoms with Gasteiger partial charge in [0.05, 0.1) is 31.3 Å². The van der Waals surface area contributed by atoms with Crippen molar-refractivity contribution < 1.29 is 37.7 Å². The lowest BCUT2D eigenvalue weighted by Gasteiger charge is -2.43. The number of aliphatic hydroxyl groups excluding tert-OH is 1. The molecule has 180 valence electrons. The van der Waals surface area contributed by atoms with E-state index in [1.165, 1.54) is 11.8 Å². The van der Waals surface area contributed by atoms with Crippen molar-refractivity contribution in [3.05, 3.63) is 35.4 Å². The fraction of sp³-hybridized carbons (Fsp3) is 0.636. The van der Waals surface area contributed by atoms with E-state index in [-0.39, 0.29) is 25.1 Å². The molecule has 0 unspecified atom stereocenters. The Labute approximate surface area is 186 Å². The predicted molar refractivity (Wildman–Crippen MR) is 112 cm³/mol. The maximum Gasteiger partial charge on any atom is 0.410 e. The van der Waals surface area contributed by atoms with Gasteiger partial charge in [0, 0.05) is 19.6 Å². The Morgan fingerprint density at radius 3 is 2.44 bits per heavy atom. The van der Waals surface area contributed by atoms with Crippen LogP contribution in [0, 0.1) is 11.6 Å². The van der Waals surface area contributed by atoms with Crippen molar-refractivity contribution >= 4 is 12.0 Å². The van der Waals surface area contributed by atoms with Gasteiger partial charge < -0.3 is 24.6 Å². The second-order valence-electron chi connectivity index (χ2n) is 8.70. The molecule has 0 saturated carbocycles. The van der Waals surface area contributed by atoms with Gasteiger partial charge >= 0.3 is 6.09 Å². The number of amides is 2. The molecule has 1 aromatic rings. The number of carbonyl (C=O) groups is 2. The Balaban J connectivity index is 2.29. The maximum atomic E-state index is 13.6. The summed E-state index contributed by atoms with van der Waals surface area (Å²) in [6, 6.07) is 1.14. The van der Waals surface area contributed by atoms with E-state index in [0.717, 1.165) is 18.2 Å². The van der Waals surface area contributed by atoms with Crippen LogP contribution in [0.2, 0.25) is 0 Å². The fourth-order valence-electron chi connectivity index (χ4n) is 3.51. The van der Waals surface area contributed by atoms with Gasteiger partial charge in [-0.3, -0.25) is 9.69 Å². The molecule has 0 spiro atoms. The summed E-state index contributed by atoms with van der Waals surface area (Å²) in [6.45, 7) is 8.48. The zero-order valence-electron chi connectivity index (χ0n) is 19.1. The predicted octanol–water partition coefficient (Wildman–Crippen LogP) is 2.37. The summed E-state index contributed by atoms with van der Waals surface area (Å²) in [5, 5.41) is 13.8. The van der Waals surface area contributed by atoms with E-state index in [1.54, 1.807) is 27.7 Å². The highest BCUT2D eigenvalue weighted by Gasteiger charge is 2.42. The number of rotatable bonds is 7. The van der Waals surface area contributed by atoms with Gasteiger partial charge in [0.25, 0.3) is 0 Å². The lowest BCUT2D eigenvalue weighted by molar-refractivity contribution is -0.201. The van der Waals surface area contributed by atoms with Crippen LogP contribution in [-0.4, -0.2) is 71.8 Å². The van der Waals surface area contributed by atoms with Crippen molar-refractivity contribution in [2.24, 2.45) is 0 Å². The van der Waals surface area contributed by atoms with Gasteiger partial charge in [-0.15, -0.1) is 0 Å². The molecule has 10 heteroatoms. The second kappa shape index (κ2) is 11.0. The number of halogens is 2. The first kappa shape index (κ1) is 26.0. The van der Waals surface area contributed by atoms with Crippen LogP contribution in [0.3, 0.4) is 0 Å². The number of hydrogen-bond acceptors (Lipinski definition) is 6. The van der Waals surface area contributed by atoms with Crippen LogP contribution in [0.25, 0.3) is 0 Å². The molecule has 8 nitrogen and oxygen atoms in total. The molecule has 0 aliphatic carbocycles. The van der Waals surface area contributed by atoms with Crippen molar-refractivity contribution in [2.45, 2.75) is 71.1 Å². The topological polar surface area (TPSA) is 97.3 Å². The molecule has 2 N–H and O–H groups in total. The first-order valence-corrected chi connectivity index (χ1v) is 10.5. The zero-order valence-corrected chi connectivity index (χ0v) is 19.1. The van der Waals surface area contributed by atoms with Crippen LogP contribution in [0.1, 0.15) is 40.2 Å². The van der Waals surface area contributed by atoms with Gasteiger partial charge in [-0.05, 0) is 51.8 Å². The smallest absolute Gasteiger partial charge is 0.410 e. The summed E-state index contributed by atoms with van der Waals surface area (Å²) in [7, 11) is 0. The molecular formula is C22H32F2N2O6. The Hall–Kier alpha value is -2.30. The molecule has 1 saturated heterocycles. The van der Waals surface area contributed by atoms with Gasteiger partial charge in [0.15, 0.2) is 6.29 Å². The number of carbonyl (C=O) groups excluding carboxylic acids is 2. The zero-order chi connectivity index (χ0) is 24.1. The van der Waals surface area contributed by atoms with Gasteiger partial charge in [0.2, 0.25) is 5.91 Å². The highest BCUT2D eigenvalue weighted by molar-refractivity contribution is 5.73. The third-order valence-corrected chi connectivity index (χ3v) is 4.75. The van der Waals surface area contributed by atoms with Crippen molar-refractivity contribution in [2.75, 3.05) is 19.8 Å². The molecule has 2 rings (SSSR count). The number of morpholine rings is 1. The number of nitrogens with zero attached hydrogens (tertiary/aromatic N) is 1. The highest BCUT2D eigenvalue weighted by atomic mass is 19.1. The average molecular weight is 459 g/mol. The van der Waals surface area contributed by atoms with Crippen molar-refractivity contribution in [1.29, 1.82) is 0 Å². The number of aliphatic hydroxyl groups is 1. The molecule has 0 aromatic heterocycles. The normalized spacial score (nSPS) is 21.1. The highest BCUT2D eigenvalue weighted by Crippen LogP contribution is 2.23. The minimum atomic E-state index is -1.32. The van der Waals surface area contributed by atoms with Gasteiger partial charge in [-0.1, -0.05) is 0 Å². The average Bonchev–Trinajstić information content (AvgIpc) is 2.64. The lowest BCUT2D eigenvalue weighted by Crippen LogP contribution is -2.62. The van der Waals surface area contributed by atoms with E-state index in [2.05, 4.69) is 5.32 Å². The summed E-state index contributed by atoms with van der Waals surface area (Å²) in [6.07, 6.45) is -2.76. The molecule has 1 aliphatic rings. The molecule has 1 aromatic carbocycles. The van der Waals surface area contributed by atoms with Crippen LogP contribution in [0.15, 0.2) is 18.2 Å². The number of ether oxygens (including phenoxy) is 3. The number of nitrogens with one attached hydrogen (secondary N) is 1. The number of benzene rings is 1. The first-order chi connectivity index (χ1) is 14.9. The third-order valence-electron chi connectivity index (χ3n) is 4.75. The molecule has 0 bridgehead atoms. The number of hydrogen-bond donors (Lipinski definition) is 2. The first-order valence-electron chi connectivity index (χ1n) is 10.5. The Morgan fingerprint density at radius 2 is 1.91 bits per heavy atom. The molecule has 32 heavy (non-hydrogen) atoms. The van der Waals surface area contributed by atoms with Crippen molar-refractivity contribution in [3.8, 4) is 0 Å². The summed E-state index contributed by atoms with van der Waals surface area (Å²) >= 11 is 0. The van der Waals surface area contributed by atoms with E-state index in [0.29, 0.717) is 6.61 Å². The molecule has 2 amide bonds. The van der Waals surface area contributed by atoms with E-state index >= 15 is 0 Å². The molecule has 4 atom stereocenters. The van der Waals surface area contributed by atoms with E-state index in [9.17, 15) is 23.5 Å². The van der Waals surface area contributed by atoms with Crippen LogP contribution < -0.4 is 5.32 Å². The summed E-state index contributed by atoms with van der Waals surface area (Å²) < 4.78 is 43.9. The molecule has 1 heterocycles. The summed E-state index contributed by atoms with van der Waals surface area (Å²) in [4.78, 5) is 26.0. The molecule has 1 fully saturated rings. The van der Waals surface area contributed by atoms with Gasteiger partial charge in [0.1, 0.15) is 17.2 Å². The summed E-state index contributed by atoms with van der Waals surface area (Å²) in [5.41, 5.74) is -0.532. The van der Waals surface area contributed by atoms with Crippen molar-refractivity contribution in [3.63, 3.8) is 0 Å². The largest absolute Gasteiger partial charge is 0.444 e. The molecule has 1 aliphatic heterocycles. The maximum absolute atomic E-state index is 13.6. The molecular weight excluding hydrogens is 426 g/mol. The Kier molecular flexibility index (Phi) is 8.94. The molecule has 0 radical (unpaired) electrons. The fourth-order valence-corrected chi connectivity index (χ4v) is 3.51. The SMILES string of the molecule is CCO[C@@H]1CN(C(=O)OC(C)(C)C)[C@@H]([C@@H](O)[C@H](Cc2cc(F)cc(F)c2)NC(C)=O)CO1. The van der Waals surface area contributed by atoms with Crippen LogP contribution >= 0.6 is 0 Å². The quantitative estimate of drug-likeness (QED) is 0.651. The Morgan fingerprint density at radius 1 is 1.28 bits per heavy atom. The minimum absolute atomic E-state index is 0.00582. The monoisotopic (exact) mass is 458 g/mol. The van der Waals surface area contributed by atoms with Crippen molar-refractivity contribution in [1.82, 2.24) is 10.2 Å². The lowest BCUT2D eigenvalue weighted by atomic mass is 9.95. The van der Waals surface area contributed by atoms with E-state index in [1.807, 2.05) is 0 Å². The summed E-state index contributed by atoms with van der Waals surface area (Å²) in [5.74, 6) is -1.99. The third kappa shape index (κ3) is 7.68. The van der Waals surface area contributed by atoms with Gasteiger partial charge in [-0.2, -0.15) is 0 Å². The van der Waals surface area contributed by atoms with E-state index < -0.39 is 53.7 Å². The van der Waals surface area contributed by atoms with E-state index in [4.69, 9.17) is 14.2 Å². The van der Waals surface area contributed by atoms with Crippen LogP contribution in [0.4, 0.5) is 13.6 Å². The second-order valence-corrected chi connectivity index (χ2v) is 8.70. The standard InChI is InChI=1S/C22H32F2N2O6/c1-6-30-19-11-26(21(29)32-22(3,4)5)18(12-31-19)20(28)17(25-13(2)27)9-14-7-15(23)10-16(24)8-14/h7-8,10,17-20,28H,6,9,11-12H2,1-5H3,(H,25,27)/t17-,18+,19-,20-/m0/s1. The van der Waals surface area contributed by atoms with Crippen LogP contribution in [-0.2, 0) is 25.4 Å². The minimum Gasteiger partial charge on any atom is -0.444 e. The van der Waals surface area contributed by atoms with Gasteiger partial charge in [-0.25, -0.2) is 13.6 Å². The Bertz CT molecular complexity index is 781.